The van der Waals surface area contributed by atoms with Crippen molar-refractivity contribution in [3.8, 4) is 5.75 Å². The molecule has 2 rings (SSSR count). The van der Waals surface area contributed by atoms with Gasteiger partial charge in [-0.05, 0) is 31.5 Å². The monoisotopic (exact) mass is 235 g/mol. The Kier molecular flexibility index (Phi) is 2.49. The van der Waals surface area contributed by atoms with E-state index >= 15 is 0 Å². The van der Waals surface area contributed by atoms with Gasteiger partial charge in [0.05, 0.1) is 5.29 Å². The highest BCUT2D eigenvalue weighted by Gasteiger charge is 2.46. The van der Waals surface area contributed by atoms with Gasteiger partial charge in [-0.15, -0.1) is 4.91 Å². The van der Waals surface area contributed by atoms with E-state index in [1.165, 1.54) is 17.1 Å². The molecule has 2 N–H and O–H groups in total. The predicted octanol–water partition coefficient (Wildman–Crippen LogP) is 1.28. The Morgan fingerprint density at radius 2 is 1.94 bits per heavy atom. The van der Waals surface area contributed by atoms with Crippen molar-refractivity contribution in [2.45, 2.75) is 25.6 Å². The second-order valence-electron chi connectivity index (χ2n) is 4.47. The number of nitrogens with zero attached hydrogens (tertiary/aromatic N) is 2. The highest BCUT2D eigenvalue weighted by atomic mass is 16.3. The van der Waals surface area contributed by atoms with E-state index in [4.69, 9.17) is 0 Å². The third-order valence-corrected chi connectivity index (χ3v) is 2.79. The molecule has 1 heterocycles. The Morgan fingerprint density at radius 3 is 2.47 bits per heavy atom. The fraction of sp³-hybridized carbons (Fsp3) is 0.364. The summed E-state index contributed by atoms with van der Waals surface area (Å²) in [6, 6.07) is 5.38. The number of nitrogens with one attached hydrogen (secondary N) is 1. The average molecular weight is 235 g/mol. The summed E-state index contributed by atoms with van der Waals surface area (Å²) in [5.41, 5.74) is -0.188. The van der Waals surface area contributed by atoms with Crippen molar-refractivity contribution in [2.75, 3.05) is 0 Å². The molecule has 0 aliphatic carbocycles. The maximum absolute atomic E-state index is 11.8. The van der Waals surface area contributed by atoms with Crippen molar-refractivity contribution in [3.05, 3.63) is 34.7 Å². The van der Waals surface area contributed by atoms with Crippen molar-refractivity contribution in [3.63, 3.8) is 0 Å². The molecular weight excluding hydrogens is 222 g/mol. The lowest BCUT2D eigenvalue weighted by Gasteiger charge is -2.27. The molecule has 0 bridgehead atoms. The summed E-state index contributed by atoms with van der Waals surface area (Å²) in [5, 5.41) is 16.0. The van der Waals surface area contributed by atoms with Gasteiger partial charge in [-0.2, -0.15) is 0 Å². The number of amides is 1. The zero-order valence-electron chi connectivity index (χ0n) is 9.54. The van der Waals surface area contributed by atoms with Gasteiger partial charge in [0.2, 0.25) is 0 Å². The number of rotatable bonds is 2. The summed E-state index contributed by atoms with van der Waals surface area (Å²) in [6.07, 6.45) is 0. The first-order valence-electron chi connectivity index (χ1n) is 5.19. The highest BCUT2D eigenvalue weighted by Crippen LogP contribution is 2.33. The van der Waals surface area contributed by atoms with Crippen LogP contribution in [0.3, 0.4) is 0 Å². The molecule has 1 unspecified atom stereocenters. The lowest BCUT2D eigenvalue weighted by molar-refractivity contribution is -0.121. The smallest absolute Gasteiger partial charge is 0.251 e. The van der Waals surface area contributed by atoms with Gasteiger partial charge in [0, 0.05) is 0 Å². The van der Waals surface area contributed by atoms with Crippen LogP contribution in [0.25, 0.3) is 0 Å². The van der Waals surface area contributed by atoms with Gasteiger partial charge < -0.3 is 10.4 Å². The molecule has 6 heteroatoms. The maximum atomic E-state index is 11.8. The minimum absolute atomic E-state index is 0.108. The zero-order valence-corrected chi connectivity index (χ0v) is 9.54. The van der Waals surface area contributed by atoms with E-state index in [0.29, 0.717) is 5.56 Å². The first kappa shape index (κ1) is 11.4. The SMILES string of the molecule is CC1(C)NC(=O)C(c2ccc(O)cc2)N1N=O. The fourth-order valence-electron chi connectivity index (χ4n) is 1.96. The number of nitroso groups, excluding NO2 is 1. The largest absolute Gasteiger partial charge is 0.508 e. The summed E-state index contributed by atoms with van der Waals surface area (Å²) < 4.78 is 0. The minimum atomic E-state index is -0.804. The van der Waals surface area contributed by atoms with E-state index in [1.54, 1.807) is 26.0 Å². The van der Waals surface area contributed by atoms with E-state index in [1.807, 2.05) is 0 Å². The standard InChI is InChI=1S/C11H13N3O3/c1-11(2)12-10(16)9(14(11)13-17)7-3-5-8(15)6-4-7/h3-6,9,15H,1-2H3,(H,12,16). The minimum Gasteiger partial charge on any atom is -0.508 e. The van der Waals surface area contributed by atoms with E-state index in [-0.39, 0.29) is 11.7 Å². The van der Waals surface area contributed by atoms with Gasteiger partial charge in [-0.1, -0.05) is 12.1 Å². The van der Waals surface area contributed by atoms with Crippen LogP contribution in [0.5, 0.6) is 5.75 Å². The summed E-state index contributed by atoms with van der Waals surface area (Å²) in [6.45, 7) is 3.40. The molecule has 1 aromatic carbocycles. The van der Waals surface area contributed by atoms with Crippen molar-refractivity contribution < 1.29 is 9.90 Å². The summed E-state index contributed by atoms with van der Waals surface area (Å²) in [4.78, 5) is 22.7. The molecule has 0 spiro atoms. The number of benzene rings is 1. The van der Waals surface area contributed by atoms with Gasteiger partial charge >= 0.3 is 0 Å². The van der Waals surface area contributed by atoms with Crippen LogP contribution in [0.1, 0.15) is 25.5 Å². The molecule has 1 amide bonds. The van der Waals surface area contributed by atoms with Crippen LogP contribution in [0.15, 0.2) is 29.6 Å². The van der Waals surface area contributed by atoms with Crippen LogP contribution < -0.4 is 5.32 Å². The van der Waals surface area contributed by atoms with E-state index in [2.05, 4.69) is 10.6 Å². The van der Waals surface area contributed by atoms with Crippen LogP contribution in [-0.4, -0.2) is 21.7 Å². The van der Waals surface area contributed by atoms with E-state index < -0.39 is 11.7 Å². The molecule has 0 radical (unpaired) electrons. The number of hydrogen-bond acceptors (Lipinski definition) is 4. The van der Waals surface area contributed by atoms with Gasteiger partial charge in [-0.25, -0.2) is 5.01 Å². The Hall–Kier alpha value is -2.11. The molecule has 0 aromatic heterocycles. The zero-order chi connectivity index (χ0) is 12.6. The molecule has 1 aliphatic heterocycles. The highest BCUT2D eigenvalue weighted by molar-refractivity contribution is 5.86. The molecule has 1 fully saturated rings. The first-order chi connectivity index (χ1) is 7.95. The molecule has 17 heavy (non-hydrogen) atoms. The second kappa shape index (κ2) is 3.73. The number of aromatic hydroxyl groups is 1. The Morgan fingerprint density at radius 1 is 1.35 bits per heavy atom. The van der Waals surface area contributed by atoms with Crippen LogP contribution in [0.4, 0.5) is 0 Å². The molecule has 6 nitrogen and oxygen atoms in total. The quantitative estimate of drug-likeness (QED) is 0.756. The predicted molar refractivity (Wildman–Crippen MR) is 60.7 cm³/mol. The normalized spacial score (nSPS) is 22.4. The summed E-state index contributed by atoms with van der Waals surface area (Å²) in [7, 11) is 0. The topological polar surface area (TPSA) is 82.0 Å². The van der Waals surface area contributed by atoms with E-state index in [0.717, 1.165) is 0 Å². The maximum Gasteiger partial charge on any atom is 0.251 e. The molecule has 1 aliphatic rings. The average Bonchev–Trinajstić information content (AvgIpc) is 2.48. The van der Waals surface area contributed by atoms with Gasteiger partial charge in [0.15, 0.2) is 6.04 Å². The Labute approximate surface area is 98.2 Å². The van der Waals surface area contributed by atoms with Crippen molar-refractivity contribution in [1.29, 1.82) is 0 Å². The van der Waals surface area contributed by atoms with Crippen LogP contribution in [-0.2, 0) is 4.79 Å². The van der Waals surface area contributed by atoms with Gasteiger partial charge in [-0.3, -0.25) is 4.79 Å². The fourth-order valence-corrected chi connectivity index (χ4v) is 1.96. The number of phenolic OH excluding ortho intramolecular Hbond substituents is 1. The molecule has 90 valence electrons. The lowest BCUT2D eigenvalue weighted by atomic mass is 10.1. The van der Waals surface area contributed by atoms with Gasteiger partial charge in [0.1, 0.15) is 11.4 Å². The molecular formula is C11H13N3O3. The Bertz CT molecular complexity index is 456. The third kappa shape index (κ3) is 1.82. The lowest BCUT2D eigenvalue weighted by Crippen LogP contribution is -2.43. The Balaban J connectivity index is 2.40. The van der Waals surface area contributed by atoms with Crippen molar-refractivity contribution in [1.82, 2.24) is 10.3 Å². The number of hydrogen-bond donors (Lipinski definition) is 2. The summed E-state index contributed by atoms with van der Waals surface area (Å²) in [5.74, 6) is -0.169. The van der Waals surface area contributed by atoms with Crippen LogP contribution in [0, 0.1) is 4.91 Å². The number of phenols is 1. The van der Waals surface area contributed by atoms with Crippen molar-refractivity contribution in [2.24, 2.45) is 5.29 Å². The summed E-state index contributed by atoms with van der Waals surface area (Å²) >= 11 is 0. The third-order valence-electron chi connectivity index (χ3n) is 2.79. The van der Waals surface area contributed by atoms with E-state index in [9.17, 15) is 14.8 Å². The van der Waals surface area contributed by atoms with Crippen LogP contribution >= 0.6 is 0 Å². The molecule has 0 saturated carbocycles. The molecule has 1 saturated heterocycles. The number of carbonyl (C=O) groups is 1. The van der Waals surface area contributed by atoms with Crippen LogP contribution in [0.2, 0.25) is 0 Å². The van der Waals surface area contributed by atoms with Crippen molar-refractivity contribution >= 4 is 5.91 Å². The first-order valence-corrected chi connectivity index (χ1v) is 5.19. The second-order valence-corrected chi connectivity index (χ2v) is 4.47. The number of carbonyl (C=O) groups excluding carboxylic acids is 1. The van der Waals surface area contributed by atoms with Gasteiger partial charge in [0.25, 0.3) is 5.91 Å². The molecule has 1 aromatic rings. The molecule has 1 atom stereocenters.